The molecule has 1 heterocycles. The number of benzene rings is 1. The third-order valence-corrected chi connectivity index (χ3v) is 2.54. The minimum atomic E-state index is -0.279. The average Bonchev–Trinajstić information content (AvgIpc) is 2.56. The number of halogens is 1. The molecule has 1 aromatic carbocycles. The Morgan fingerprint density at radius 3 is 2.87 bits per heavy atom. The Morgan fingerprint density at radius 2 is 2.27 bits per heavy atom. The largest absolute Gasteiger partial charge is 0.431 e. The first-order chi connectivity index (χ1) is 7.15. The maximum absolute atomic E-state index is 12.8. The van der Waals surface area contributed by atoms with Crippen LogP contribution in [-0.2, 0) is 0 Å². The summed E-state index contributed by atoms with van der Waals surface area (Å²) in [6, 6.07) is 4.33. The number of nitrogens with two attached hydrogens (primary N) is 1. The van der Waals surface area contributed by atoms with Gasteiger partial charge in [0.1, 0.15) is 16.6 Å². The van der Waals surface area contributed by atoms with Crippen molar-refractivity contribution >= 4 is 16.3 Å². The predicted molar refractivity (Wildman–Crippen MR) is 57.7 cm³/mol. The van der Waals surface area contributed by atoms with E-state index in [4.69, 9.17) is 10.5 Å². The molecular formula is C10H9FN2OS. The van der Waals surface area contributed by atoms with Gasteiger partial charge in [-0.3, -0.25) is 0 Å². The molecule has 1 aromatic heterocycles. The number of nitrogens with zero attached hydrogens (tertiary/aromatic N) is 1. The topological polar surface area (TPSA) is 48.1 Å². The van der Waals surface area contributed by atoms with Crippen molar-refractivity contribution < 1.29 is 9.13 Å². The van der Waals surface area contributed by atoms with Gasteiger partial charge in [0, 0.05) is 0 Å². The van der Waals surface area contributed by atoms with Crippen molar-refractivity contribution in [2.24, 2.45) is 0 Å². The minimum absolute atomic E-state index is 0.279. The zero-order valence-corrected chi connectivity index (χ0v) is 8.84. The van der Waals surface area contributed by atoms with E-state index in [1.807, 2.05) is 0 Å². The molecule has 2 N–H and O–H groups in total. The van der Waals surface area contributed by atoms with Crippen molar-refractivity contribution in [2.75, 3.05) is 5.73 Å². The fraction of sp³-hybridized carbons (Fsp3) is 0.100. The second-order valence-corrected chi connectivity index (χ2v) is 4.07. The summed E-state index contributed by atoms with van der Waals surface area (Å²) in [6.07, 6.45) is 1.53. The lowest BCUT2D eigenvalue weighted by Gasteiger charge is -2.04. The van der Waals surface area contributed by atoms with E-state index in [-0.39, 0.29) is 5.82 Å². The Morgan fingerprint density at radius 1 is 1.47 bits per heavy atom. The third kappa shape index (κ3) is 2.24. The standard InChI is InChI=1S/C10H9FN2OS/c1-6-4-7(11)2-3-8(6)14-10-13-5-9(12)15-10/h2-5H,12H2,1H3. The maximum atomic E-state index is 12.8. The molecule has 0 fully saturated rings. The Bertz CT molecular complexity index is 484. The fourth-order valence-electron chi connectivity index (χ4n) is 1.14. The molecule has 2 aromatic rings. The zero-order valence-electron chi connectivity index (χ0n) is 8.03. The molecule has 78 valence electrons. The molecule has 0 unspecified atom stereocenters. The van der Waals surface area contributed by atoms with Crippen LogP contribution in [0.3, 0.4) is 0 Å². The summed E-state index contributed by atoms with van der Waals surface area (Å²) < 4.78 is 18.2. The highest BCUT2D eigenvalue weighted by Gasteiger charge is 2.05. The molecular weight excluding hydrogens is 215 g/mol. The van der Waals surface area contributed by atoms with E-state index in [0.29, 0.717) is 15.9 Å². The molecule has 0 saturated carbocycles. The lowest BCUT2D eigenvalue weighted by atomic mass is 10.2. The molecule has 0 spiro atoms. The number of rotatable bonds is 2. The second kappa shape index (κ2) is 3.86. The molecule has 0 saturated heterocycles. The van der Waals surface area contributed by atoms with Crippen molar-refractivity contribution in [1.82, 2.24) is 4.98 Å². The van der Waals surface area contributed by atoms with Crippen molar-refractivity contribution in [1.29, 1.82) is 0 Å². The number of aromatic nitrogens is 1. The normalized spacial score (nSPS) is 10.3. The summed E-state index contributed by atoms with van der Waals surface area (Å²) in [5, 5.41) is 1.05. The molecule has 2 rings (SSSR count). The number of aryl methyl sites for hydroxylation is 1. The van der Waals surface area contributed by atoms with Gasteiger partial charge in [-0.15, -0.1) is 0 Å². The van der Waals surface area contributed by atoms with Crippen LogP contribution >= 0.6 is 11.3 Å². The van der Waals surface area contributed by atoms with Gasteiger partial charge in [0.05, 0.1) is 6.20 Å². The number of ether oxygens (including phenoxy) is 1. The summed E-state index contributed by atoms with van der Waals surface area (Å²) >= 11 is 1.25. The number of hydrogen-bond donors (Lipinski definition) is 1. The van der Waals surface area contributed by atoms with E-state index in [1.165, 1.54) is 29.7 Å². The number of nitrogen functional groups attached to an aromatic ring is 1. The van der Waals surface area contributed by atoms with Crippen LogP contribution in [0, 0.1) is 12.7 Å². The molecule has 0 aliphatic heterocycles. The maximum Gasteiger partial charge on any atom is 0.280 e. The molecule has 5 heteroatoms. The van der Waals surface area contributed by atoms with Crippen LogP contribution in [0.5, 0.6) is 10.9 Å². The lowest BCUT2D eigenvalue weighted by Crippen LogP contribution is -1.87. The van der Waals surface area contributed by atoms with E-state index in [9.17, 15) is 4.39 Å². The van der Waals surface area contributed by atoms with Gasteiger partial charge in [-0.25, -0.2) is 9.37 Å². The Kier molecular flexibility index (Phi) is 2.55. The number of thiazole rings is 1. The van der Waals surface area contributed by atoms with E-state index in [2.05, 4.69) is 4.98 Å². The summed E-state index contributed by atoms with van der Waals surface area (Å²) in [6.45, 7) is 1.77. The Labute approximate surface area is 90.3 Å². The van der Waals surface area contributed by atoms with Crippen LogP contribution in [0.4, 0.5) is 9.39 Å². The van der Waals surface area contributed by atoms with Gasteiger partial charge in [-0.1, -0.05) is 11.3 Å². The molecule has 0 radical (unpaired) electrons. The highest BCUT2D eigenvalue weighted by atomic mass is 32.1. The van der Waals surface area contributed by atoms with Gasteiger partial charge in [0.2, 0.25) is 0 Å². The molecule has 3 nitrogen and oxygen atoms in total. The molecule has 0 amide bonds. The van der Waals surface area contributed by atoms with Gasteiger partial charge < -0.3 is 10.5 Å². The summed E-state index contributed by atoms with van der Waals surface area (Å²) in [5.74, 6) is 0.309. The van der Waals surface area contributed by atoms with Crippen molar-refractivity contribution in [2.45, 2.75) is 6.92 Å². The summed E-state index contributed by atoms with van der Waals surface area (Å²) in [4.78, 5) is 3.95. The van der Waals surface area contributed by atoms with Crippen LogP contribution in [0.2, 0.25) is 0 Å². The van der Waals surface area contributed by atoms with Crippen LogP contribution in [0.25, 0.3) is 0 Å². The first-order valence-corrected chi connectivity index (χ1v) is 5.12. The summed E-state index contributed by atoms with van der Waals surface area (Å²) in [7, 11) is 0. The van der Waals surface area contributed by atoms with Gasteiger partial charge in [-0.05, 0) is 30.7 Å². The first-order valence-electron chi connectivity index (χ1n) is 4.30. The SMILES string of the molecule is Cc1cc(F)ccc1Oc1ncc(N)s1. The number of anilines is 1. The van der Waals surface area contributed by atoms with Crippen molar-refractivity contribution in [3.8, 4) is 10.9 Å². The van der Waals surface area contributed by atoms with E-state index >= 15 is 0 Å². The van der Waals surface area contributed by atoms with E-state index < -0.39 is 0 Å². The quantitative estimate of drug-likeness (QED) is 0.853. The molecule has 0 atom stereocenters. The highest BCUT2D eigenvalue weighted by Crippen LogP contribution is 2.29. The van der Waals surface area contributed by atoms with Crippen molar-refractivity contribution in [3.63, 3.8) is 0 Å². The van der Waals surface area contributed by atoms with Crippen LogP contribution in [-0.4, -0.2) is 4.98 Å². The van der Waals surface area contributed by atoms with Gasteiger partial charge >= 0.3 is 0 Å². The Hall–Kier alpha value is -1.62. The Balaban J connectivity index is 2.24. The van der Waals surface area contributed by atoms with E-state index in [0.717, 1.165) is 5.56 Å². The number of hydrogen-bond acceptors (Lipinski definition) is 4. The predicted octanol–water partition coefficient (Wildman–Crippen LogP) is 2.97. The first kappa shape index (κ1) is 9.92. The van der Waals surface area contributed by atoms with Crippen LogP contribution in [0.1, 0.15) is 5.56 Å². The third-order valence-electron chi connectivity index (χ3n) is 1.84. The monoisotopic (exact) mass is 224 g/mol. The minimum Gasteiger partial charge on any atom is -0.431 e. The fourth-order valence-corrected chi connectivity index (χ4v) is 1.68. The lowest BCUT2D eigenvalue weighted by molar-refractivity contribution is 0.473. The van der Waals surface area contributed by atoms with Crippen LogP contribution < -0.4 is 10.5 Å². The zero-order chi connectivity index (χ0) is 10.8. The van der Waals surface area contributed by atoms with E-state index in [1.54, 1.807) is 13.0 Å². The molecule has 15 heavy (non-hydrogen) atoms. The van der Waals surface area contributed by atoms with Gasteiger partial charge in [-0.2, -0.15) is 0 Å². The smallest absolute Gasteiger partial charge is 0.280 e. The second-order valence-electron chi connectivity index (χ2n) is 3.04. The highest BCUT2D eigenvalue weighted by molar-refractivity contribution is 7.17. The van der Waals surface area contributed by atoms with Gasteiger partial charge in [0.25, 0.3) is 5.19 Å². The van der Waals surface area contributed by atoms with Gasteiger partial charge in [0.15, 0.2) is 0 Å². The average molecular weight is 224 g/mol. The molecule has 0 bridgehead atoms. The summed E-state index contributed by atoms with van der Waals surface area (Å²) in [5.41, 5.74) is 6.24. The van der Waals surface area contributed by atoms with Crippen molar-refractivity contribution in [3.05, 3.63) is 35.8 Å². The molecule has 0 aliphatic carbocycles. The molecule has 0 aliphatic rings. The van der Waals surface area contributed by atoms with Crippen LogP contribution in [0.15, 0.2) is 24.4 Å².